The van der Waals surface area contributed by atoms with Crippen LogP contribution < -0.4 is 14.8 Å². The summed E-state index contributed by atoms with van der Waals surface area (Å²) < 4.78 is 12.3. The van der Waals surface area contributed by atoms with Crippen LogP contribution in [0.1, 0.15) is 11.1 Å². The van der Waals surface area contributed by atoms with Crippen LogP contribution in [0.3, 0.4) is 0 Å². The van der Waals surface area contributed by atoms with E-state index in [0.29, 0.717) is 5.88 Å². The summed E-state index contributed by atoms with van der Waals surface area (Å²) in [6.45, 7) is 2.06. The zero-order valence-electron chi connectivity index (χ0n) is 15.2. The predicted octanol–water partition coefficient (Wildman–Crippen LogP) is 3.70. The summed E-state index contributed by atoms with van der Waals surface area (Å²) in [4.78, 5) is 14.0. The van der Waals surface area contributed by atoms with Gasteiger partial charge in [-0.15, -0.1) is 11.3 Å². The third-order valence-corrected chi connectivity index (χ3v) is 5.97. The number of rotatable bonds is 3. The van der Waals surface area contributed by atoms with Crippen molar-refractivity contribution in [2.24, 2.45) is 0 Å². The van der Waals surface area contributed by atoms with Crippen molar-refractivity contribution in [1.82, 2.24) is 20.3 Å². The Bertz CT molecular complexity index is 1190. The van der Waals surface area contributed by atoms with Crippen LogP contribution in [0, 0.1) is 6.92 Å². The van der Waals surface area contributed by atoms with Gasteiger partial charge in [0.1, 0.15) is 10.8 Å². The Labute approximate surface area is 160 Å². The lowest BCUT2D eigenvalue weighted by atomic mass is 10.1. The van der Waals surface area contributed by atoms with E-state index in [4.69, 9.17) is 14.5 Å². The minimum absolute atomic E-state index is 0.0225. The SMILES string of the molecule is CN[C@@H]1Cc2c(ccc3nc(-c4cc(C)cc5nc(OC)cnc45)sc23)O1. The third kappa shape index (κ3) is 2.62. The molecule has 0 aliphatic carbocycles. The molecule has 1 atom stereocenters. The van der Waals surface area contributed by atoms with Crippen molar-refractivity contribution in [3.8, 4) is 22.2 Å². The number of nitrogens with zero attached hydrogens (tertiary/aromatic N) is 3. The van der Waals surface area contributed by atoms with Gasteiger partial charge in [-0.3, -0.25) is 5.32 Å². The highest BCUT2D eigenvalue weighted by molar-refractivity contribution is 7.22. The van der Waals surface area contributed by atoms with E-state index in [1.54, 1.807) is 24.6 Å². The monoisotopic (exact) mass is 378 g/mol. The number of fused-ring (bicyclic) bond motifs is 4. The minimum atomic E-state index is 0.0225. The number of thiazole rings is 1. The van der Waals surface area contributed by atoms with Gasteiger partial charge in [0.05, 0.1) is 34.6 Å². The summed E-state index contributed by atoms with van der Waals surface area (Å²) in [6.07, 6.45) is 2.52. The van der Waals surface area contributed by atoms with Crippen molar-refractivity contribution in [2.45, 2.75) is 19.6 Å². The standard InChI is InChI=1S/C20H18N4O2S/c1-10-6-12(18-14(7-10)23-17(25-3)9-22-18)20-24-13-4-5-15-11(19(13)27-20)8-16(21-2)26-15/h4-7,9,16,21H,8H2,1-3H3/t16-/m0/s1. The van der Waals surface area contributed by atoms with Crippen LogP contribution in [0.2, 0.25) is 0 Å². The Balaban J connectivity index is 1.70. The molecule has 1 N–H and O–H groups in total. The fourth-order valence-electron chi connectivity index (χ4n) is 3.50. The molecule has 1 aliphatic rings. The summed E-state index contributed by atoms with van der Waals surface area (Å²) in [5, 5.41) is 4.13. The van der Waals surface area contributed by atoms with Gasteiger partial charge in [0, 0.05) is 17.5 Å². The number of benzene rings is 2. The van der Waals surface area contributed by atoms with Gasteiger partial charge >= 0.3 is 0 Å². The van der Waals surface area contributed by atoms with Crippen molar-refractivity contribution in [2.75, 3.05) is 14.2 Å². The number of hydrogen-bond donors (Lipinski definition) is 1. The Kier molecular flexibility index (Phi) is 3.73. The molecule has 6 nitrogen and oxygen atoms in total. The van der Waals surface area contributed by atoms with Gasteiger partial charge in [-0.05, 0) is 43.8 Å². The Hall–Kier alpha value is -2.77. The first kappa shape index (κ1) is 16.4. The average Bonchev–Trinajstić information content (AvgIpc) is 3.29. The van der Waals surface area contributed by atoms with E-state index in [0.717, 1.165) is 44.9 Å². The lowest BCUT2D eigenvalue weighted by Gasteiger charge is -2.07. The van der Waals surface area contributed by atoms with Gasteiger partial charge in [-0.25, -0.2) is 15.0 Å². The lowest BCUT2D eigenvalue weighted by Crippen LogP contribution is -2.28. The summed E-state index contributed by atoms with van der Waals surface area (Å²) in [5.41, 5.74) is 5.97. The second-order valence-electron chi connectivity index (χ2n) is 6.60. The van der Waals surface area contributed by atoms with Gasteiger partial charge in [0.15, 0.2) is 6.23 Å². The Morgan fingerprint density at radius 1 is 1.22 bits per heavy atom. The second kappa shape index (κ2) is 6.14. The van der Waals surface area contributed by atoms with Crippen LogP contribution in [0.25, 0.3) is 31.8 Å². The topological polar surface area (TPSA) is 69.2 Å². The van der Waals surface area contributed by atoms with Crippen molar-refractivity contribution >= 4 is 32.6 Å². The highest BCUT2D eigenvalue weighted by Crippen LogP contribution is 2.41. The zero-order chi connectivity index (χ0) is 18.5. The lowest BCUT2D eigenvalue weighted by molar-refractivity contribution is 0.203. The number of hydrogen-bond acceptors (Lipinski definition) is 7. The molecule has 0 saturated heterocycles. The molecule has 136 valence electrons. The molecule has 1 aliphatic heterocycles. The largest absolute Gasteiger partial charge is 0.480 e. The number of methoxy groups -OCH3 is 1. The molecule has 5 rings (SSSR count). The fourth-order valence-corrected chi connectivity index (χ4v) is 4.63. The van der Waals surface area contributed by atoms with E-state index in [1.165, 1.54) is 10.3 Å². The number of aryl methyl sites for hydroxylation is 1. The quantitative estimate of drug-likeness (QED) is 0.586. The van der Waals surface area contributed by atoms with Crippen molar-refractivity contribution in [3.05, 3.63) is 41.6 Å². The molecule has 0 bridgehead atoms. The molecule has 2 aromatic carbocycles. The van der Waals surface area contributed by atoms with Crippen LogP contribution in [0.4, 0.5) is 0 Å². The first-order valence-electron chi connectivity index (χ1n) is 8.74. The molecule has 0 spiro atoms. The molecule has 0 fully saturated rings. The molecule has 0 unspecified atom stereocenters. The van der Waals surface area contributed by atoms with Crippen molar-refractivity contribution in [1.29, 1.82) is 0 Å². The molecule has 27 heavy (non-hydrogen) atoms. The normalized spacial score (nSPS) is 15.9. The van der Waals surface area contributed by atoms with Crippen LogP contribution in [0.15, 0.2) is 30.5 Å². The van der Waals surface area contributed by atoms with Crippen LogP contribution in [-0.2, 0) is 6.42 Å². The summed E-state index contributed by atoms with van der Waals surface area (Å²) in [7, 11) is 3.51. The van der Waals surface area contributed by atoms with Gasteiger partial charge in [0.2, 0.25) is 5.88 Å². The van der Waals surface area contributed by atoms with E-state index < -0.39 is 0 Å². The summed E-state index contributed by atoms with van der Waals surface area (Å²) >= 11 is 1.68. The number of aromatic nitrogens is 3. The molecule has 7 heteroatoms. The molecular formula is C20H18N4O2S. The number of likely N-dealkylation sites (N-methyl/N-ethyl adjacent to an activating group) is 1. The summed E-state index contributed by atoms with van der Waals surface area (Å²) in [5.74, 6) is 1.45. The van der Waals surface area contributed by atoms with Crippen molar-refractivity contribution < 1.29 is 9.47 Å². The maximum absolute atomic E-state index is 5.93. The maximum atomic E-state index is 5.93. The fraction of sp³-hybridized carbons (Fsp3) is 0.250. The highest BCUT2D eigenvalue weighted by Gasteiger charge is 2.25. The molecule has 3 heterocycles. The maximum Gasteiger partial charge on any atom is 0.232 e. The Morgan fingerprint density at radius 2 is 2.11 bits per heavy atom. The first-order chi connectivity index (χ1) is 13.2. The van der Waals surface area contributed by atoms with Crippen molar-refractivity contribution in [3.63, 3.8) is 0 Å². The smallest absolute Gasteiger partial charge is 0.232 e. The average molecular weight is 378 g/mol. The molecule has 2 aromatic heterocycles. The van der Waals surface area contributed by atoms with E-state index in [9.17, 15) is 0 Å². The zero-order valence-corrected chi connectivity index (χ0v) is 16.1. The van der Waals surface area contributed by atoms with Gasteiger partial charge in [0.25, 0.3) is 0 Å². The number of ether oxygens (including phenoxy) is 2. The van der Waals surface area contributed by atoms with E-state index in [1.807, 2.05) is 25.2 Å². The van der Waals surface area contributed by atoms with Crippen LogP contribution in [0.5, 0.6) is 11.6 Å². The van der Waals surface area contributed by atoms with Gasteiger partial charge in [-0.2, -0.15) is 0 Å². The number of nitrogens with one attached hydrogen (secondary N) is 1. The highest BCUT2D eigenvalue weighted by atomic mass is 32.1. The van der Waals surface area contributed by atoms with Gasteiger partial charge < -0.3 is 9.47 Å². The van der Waals surface area contributed by atoms with E-state index >= 15 is 0 Å². The second-order valence-corrected chi connectivity index (χ2v) is 7.60. The van der Waals surface area contributed by atoms with Crippen LogP contribution >= 0.6 is 11.3 Å². The first-order valence-corrected chi connectivity index (χ1v) is 9.56. The molecular weight excluding hydrogens is 360 g/mol. The molecule has 0 amide bonds. The molecule has 0 saturated carbocycles. The van der Waals surface area contributed by atoms with Crippen LogP contribution in [-0.4, -0.2) is 35.3 Å². The van der Waals surface area contributed by atoms with E-state index in [-0.39, 0.29) is 6.23 Å². The molecule has 4 aromatic rings. The molecule has 0 radical (unpaired) electrons. The third-order valence-electron chi connectivity index (χ3n) is 4.81. The van der Waals surface area contributed by atoms with E-state index in [2.05, 4.69) is 28.3 Å². The Morgan fingerprint density at radius 3 is 2.93 bits per heavy atom. The predicted molar refractivity (Wildman–Crippen MR) is 107 cm³/mol. The minimum Gasteiger partial charge on any atom is -0.480 e. The summed E-state index contributed by atoms with van der Waals surface area (Å²) in [6, 6.07) is 8.18. The van der Waals surface area contributed by atoms with Gasteiger partial charge in [-0.1, -0.05) is 0 Å².